The number of rotatable bonds is 5. The van der Waals surface area contributed by atoms with Gasteiger partial charge < -0.3 is 14.6 Å². The topological polar surface area (TPSA) is 38.7 Å². The zero-order valence-corrected chi connectivity index (χ0v) is 9.58. The quantitative estimate of drug-likeness (QED) is 0.708. The molecule has 2 saturated carbocycles. The van der Waals surface area contributed by atoms with Gasteiger partial charge in [-0.3, -0.25) is 0 Å². The number of ether oxygens (including phenoxy) is 2. The Labute approximate surface area is 91.8 Å². The van der Waals surface area contributed by atoms with Gasteiger partial charge in [-0.05, 0) is 19.3 Å². The second-order valence-electron chi connectivity index (χ2n) is 4.90. The van der Waals surface area contributed by atoms with E-state index in [1.807, 2.05) is 0 Å². The highest BCUT2D eigenvalue weighted by atomic mass is 16.5. The van der Waals surface area contributed by atoms with Crippen LogP contribution in [0.15, 0.2) is 0 Å². The van der Waals surface area contributed by atoms with E-state index in [1.54, 1.807) is 7.11 Å². The summed E-state index contributed by atoms with van der Waals surface area (Å²) in [6, 6.07) is 0. The minimum atomic E-state index is -0.104. The summed E-state index contributed by atoms with van der Waals surface area (Å²) in [5, 5.41) is 9.87. The third-order valence-electron chi connectivity index (χ3n) is 4.09. The Balaban J connectivity index is 1.74. The highest BCUT2D eigenvalue weighted by Gasteiger charge is 2.56. The maximum absolute atomic E-state index is 9.87. The average molecular weight is 214 g/mol. The number of hydrogen-bond donors (Lipinski definition) is 1. The van der Waals surface area contributed by atoms with Gasteiger partial charge >= 0.3 is 0 Å². The summed E-state index contributed by atoms with van der Waals surface area (Å²) >= 11 is 0. The molecule has 2 aliphatic rings. The Kier molecular flexibility index (Phi) is 3.65. The van der Waals surface area contributed by atoms with Gasteiger partial charge in [0.05, 0.1) is 12.2 Å². The lowest BCUT2D eigenvalue weighted by molar-refractivity contribution is -0.190. The van der Waals surface area contributed by atoms with Crippen LogP contribution in [0, 0.1) is 5.41 Å². The molecule has 3 heteroatoms. The molecule has 1 N–H and O–H groups in total. The molecule has 0 aliphatic heterocycles. The predicted octanol–water partition coefficient (Wildman–Crippen LogP) is 1.73. The van der Waals surface area contributed by atoms with Crippen LogP contribution in [0.4, 0.5) is 0 Å². The maximum Gasteiger partial charge on any atom is 0.0680 e. The summed E-state index contributed by atoms with van der Waals surface area (Å²) in [4.78, 5) is 0. The van der Waals surface area contributed by atoms with Gasteiger partial charge in [-0.15, -0.1) is 0 Å². The molecule has 0 aromatic carbocycles. The van der Waals surface area contributed by atoms with Crippen LogP contribution in [0.25, 0.3) is 0 Å². The van der Waals surface area contributed by atoms with Gasteiger partial charge in [0.1, 0.15) is 0 Å². The summed E-state index contributed by atoms with van der Waals surface area (Å²) < 4.78 is 10.8. The Bertz CT molecular complexity index is 199. The highest BCUT2D eigenvalue weighted by Crippen LogP contribution is 2.54. The Morgan fingerprint density at radius 1 is 1.27 bits per heavy atom. The number of aliphatic hydroxyl groups is 1. The van der Waals surface area contributed by atoms with Crippen LogP contribution in [0.5, 0.6) is 0 Å². The second kappa shape index (κ2) is 4.81. The Hall–Kier alpha value is -0.120. The van der Waals surface area contributed by atoms with Gasteiger partial charge in [0.25, 0.3) is 0 Å². The number of methoxy groups -OCH3 is 1. The van der Waals surface area contributed by atoms with Crippen molar-refractivity contribution >= 4 is 0 Å². The van der Waals surface area contributed by atoms with Crippen molar-refractivity contribution in [1.29, 1.82) is 0 Å². The summed E-state index contributed by atoms with van der Waals surface area (Å²) in [5.41, 5.74) is 0.132. The largest absolute Gasteiger partial charge is 0.392 e. The molecule has 0 aromatic rings. The van der Waals surface area contributed by atoms with Crippen molar-refractivity contribution in [2.45, 2.75) is 50.7 Å². The van der Waals surface area contributed by atoms with E-state index in [1.165, 1.54) is 12.8 Å². The first-order valence-electron chi connectivity index (χ1n) is 6.08. The maximum atomic E-state index is 9.87. The fourth-order valence-electron chi connectivity index (χ4n) is 3.08. The molecule has 2 atom stereocenters. The van der Waals surface area contributed by atoms with Crippen molar-refractivity contribution in [2.24, 2.45) is 5.41 Å². The Morgan fingerprint density at radius 2 is 2.00 bits per heavy atom. The van der Waals surface area contributed by atoms with E-state index >= 15 is 0 Å². The molecule has 2 fully saturated rings. The molecule has 3 nitrogen and oxygen atoms in total. The van der Waals surface area contributed by atoms with Gasteiger partial charge in [-0.1, -0.05) is 12.8 Å². The molecular formula is C12H22O3. The average Bonchev–Trinajstić information content (AvgIpc) is 2.74. The second-order valence-corrected chi connectivity index (χ2v) is 4.90. The lowest BCUT2D eigenvalue weighted by Gasteiger charge is -2.51. The van der Waals surface area contributed by atoms with E-state index in [-0.39, 0.29) is 11.5 Å². The van der Waals surface area contributed by atoms with Crippen LogP contribution in [0.1, 0.15) is 38.5 Å². The van der Waals surface area contributed by atoms with E-state index in [9.17, 15) is 5.11 Å². The zero-order chi connectivity index (χ0) is 10.7. The van der Waals surface area contributed by atoms with Gasteiger partial charge in [0.15, 0.2) is 0 Å². The smallest absolute Gasteiger partial charge is 0.0680 e. The predicted molar refractivity (Wildman–Crippen MR) is 57.8 cm³/mol. The standard InChI is InChI=1S/C12H22O3/c1-14-7-4-8-15-11-9-10(13)12(11)5-2-3-6-12/h10-11,13H,2-9H2,1H3. The molecule has 2 rings (SSSR count). The lowest BCUT2D eigenvalue weighted by Crippen LogP contribution is -2.56. The van der Waals surface area contributed by atoms with E-state index in [0.717, 1.165) is 38.9 Å². The lowest BCUT2D eigenvalue weighted by atomic mass is 9.62. The molecule has 0 saturated heterocycles. The summed E-state index contributed by atoms with van der Waals surface area (Å²) in [6.45, 7) is 1.54. The summed E-state index contributed by atoms with van der Waals surface area (Å²) in [6.07, 6.45) is 6.84. The zero-order valence-electron chi connectivity index (χ0n) is 9.58. The summed E-state index contributed by atoms with van der Waals surface area (Å²) in [5.74, 6) is 0. The molecule has 15 heavy (non-hydrogen) atoms. The molecule has 88 valence electrons. The normalized spacial score (nSPS) is 33.2. The number of hydrogen-bond acceptors (Lipinski definition) is 3. The summed E-state index contributed by atoms with van der Waals surface area (Å²) in [7, 11) is 1.71. The van der Waals surface area contributed by atoms with Gasteiger partial charge in [0, 0.05) is 32.2 Å². The molecule has 2 aliphatic carbocycles. The molecule has 0 amide bonds. The van der Waals surface area contributed by atoms with Crippen LogP contribution in [-0.4, -0.2) is 37.6 Å². The Morgan fingerprint density at radius 3 is 2.60 bits per heavy atom. The van der Waals surface area contributed by atoms with Crippen LogP contribution >= 0.6 is 0 Å². The molecule has 2 unspecified atom stereocenters. The van der Waals surface area contributed by atoms with E-state index in [4.69, 9.17) is 9.47 Å². The van der Waals surface area contributed by atoms with Crippen LogP contribution < -0.4 is 0 Å². The minimum absolute atomic E-state index is 0.104. The monoisotopic (exact) mass is 214 g/mol. The van der Waals surface area contributed by atoms with E-state index in [2.05, 4.69) is 0 Å². The fraction of sp³-hybridized carbons (Fsp3) is 1.00. The third kappa shape index (κ3) is 2.05. The van der Waals surface area contributed by atoms with Crippen LogP contribution in [0.3, 0.4) is 0 Å². The van der Waals surface area contributed by atoms with Crippen molar-refractivity contribution < 1.29 is 14.6 Å². The molecular weight excluding hydrogens is 192 g/mol. The first-order valence-corrected chi connectivity index (χ1v) is 6.08. The van der Waals surface area contributed by atoms with Gasteiger partial charge in [-0.25, -0.2) is 0 Å². The van der Waals surface area contributed by atoms with Crippen molar-refractivity contribution in [1.82, 2.24) is 0 Å². The van der Waals surface area contributed by atoms with Crippen molar-refractivity contribution in [3.63, 3.8) is 0 Å². The number of aliphatic hydroxyl groups excluding tert-OH is 1. The first kappa shape index (κ1) is 11.4. The van der Waals surface area contributed by atoms with Crippen molar-refractivity contribution in [3.05, 3.63) is 0 Å². The molecule has 0 aromatic heterocycles. The SMILES string of the molecule is COCCCOC1CC(O)C12CCCC2. The van der Waals surface area contributed by atoms with Crippen LogP contribution in [0.2, 0.25) is 0 Å². The van der Waals surface area contributed by atoms with E-state index < -0.39 is 0 Å². The highest BCUT2D eigenvalue weighted by molar-refractivity contribution is 5.06. The third-order valence-corrected chi connectivity index (χ3v) is 4.09. The molecule has 0 bridgehead atoms. The van der Waals surface area contributed by atoms with Crippen molar-refractivity contribution in [2.75, 3.05) is 20.3 Å². The van der Waals surface area contributed by atoms with Crippen LogP contribution in [-0.2, 0) is 9.47 Å². The van der Waals surface area contributed by atoms with Gasteiger partial charge in [-0.2, -0.15) is 0 Å². The molecule has 0 radical (unpaired) electrons. The van der Waals surface area contributed by atoms with Crippen molar-refractivity contribution in [3.8, 4) is 0 Å². The fourth-order valence-corrected chi connectivity index (χ4v) is 3.08. The molecule has 1 spiro atoms. The van der Waals surface area contributed by atoms with Gasteiger partial charge in [0.2, 0.25) is 0 Å². The minimum Gasteiger partial charge on any atom is -0.392 e. The van der Waals surface area contributed by atoms with E-state index in [0.29, 0.717) is 6.10 Å². The molecule has 0 heterocycles. The first-order chi connectivity index (χ1) is 7.29.